The van der Waals surface area contributed by atoms with Crippen molar-refractivity contribution in [1.29, 1.82) is 0 Å². The van der Waals surface area contributed by atoms with Gasteiger partial charge in [0.05, 0.1) is 0 Å². The molecule has 0 bridgehead atoms. The monoisotopic (exact) mass is 512 g/mol. The summed E-state index contributed by atoms with van der Waals surface area (Å²) < 4.78 is 20.0. The van der Waals surface area contributed by atoms with Gasteiger partial charge in [0.1, 0.15) is 5.82 Å². The number of carbonyl (C=O) groups is 2. The van der Waals surface area contributed by atoms with Gasteiger partial charge in [-0.05, 0) is 67.6 Å². The van der Waals surface area contributed by atoms with Gasteiger partial charge in [0.25, 0.3) is 5.91 Å². The van der Waals surface area contributed by atoms with Crippen LogP contribution in [0.4, 0.5) is 10.1 Å². The Balaban J connectivity index is 1.90. The molecule has 7 nitrogen and oxygen atoms in total. The number of amides is 2. The maximum Gasteiger partial charge on any atom is 0.260 e. The number of hydrogen-bond donors (Lipinski definition) is 0. The van der Waals surface area contributed by atoms with E-state index in [0.29, 0.717) is 42.6 Å². The summed E-state index contributed by atoms with van der Waals surface area (Å²) in [7, 11) is 0. The molecule has 0 aliphatic carbocycles. The third kappa shape index (κ3) is 9.11. The van der Waals surface area contributed by atoms with Crippen LogP contribution in [0.2, 0.25) is 0 Å². The largest absolute Gasteiger partial charge is 0.468 e. The minimum atomic E-state index is -0.387. The molecule has 1 aromatic heterocycles. The molecule has 3 rings (SSSR count). The smallest absolute Gasteiger partial charge is 0.260 e. The van der Waals surface area contributed by atoms with Crippen molar-refractivity contribution in [2.75, 3.05) is 44.2 Å². The first kappa shape index (κ1) is 28.6. The molecule has 0 radical (unpaired) electrons. The predicted molar refractivity (Wildman–Crippen MR) is 144 cm³/mol. The lowest BCUT2D eigenvalue weighted by Gasteiger charge is -2.32. The van der Waals surface area contributed by atoms with Crippen molar-refractivity contribution in [1.82, 2.24) is 14.8 Å². The Morgan fingerprint density at radius 2 is 1.73 bits per heavy atom. The topological polar surface area (TPSA) is 66.0 Å². The highest BCUT2D eigenvalue weighted by atomic mass is 19.1. The first-order valence-electron chi connectivity index (χ1n) is 13.4. The van der Waals surface area contributed by atoms with E-state index in [1.165, 1.54) is 12.1 Å². The molecule has 1 aliphatic heterocycles. The lowest BCUT2D eigenvalue weighted by molar-refractivity contribution is -0.134. The number of nitrogens with zero attached hydrogens (tertiary/aromatic N) is 4. The maximum atomic E-state index is 14.4. The van der Waals surface area contributed by atoms with E-state index < -0.39 is 0 Å². The van der Waals surface area contributed by atoms with Crippen molar-refractivity contribution >= 4 is 17.5 Å². The van der Waals surface area contributed by atoms with Crippen LogP contribution in [0.5, 0.6) is 5.88 Å². The number of anilines is 1. The van der Waals surface area contributed by atoms with Crippen LogP contribution >= 0.6 is 0 Å². The molecule has 0 saturated heterocycles. The third-order valence-electron chi connectivity index (χ3n) is 6.29. The van der Waals surface area contributed by atoms with Gasteiger partial charge in [-0.1, -0.05) is 33.8 Å². The van der Waals surface area contributed by atoms with Crippen LogP contribution in [-0.2, 0) is 16.1 Å². The fourth-order valence-electron chi connectivity index (χ4n) is 4.69. The van der Waals surface area contributed by atoms with Gasteiger partial charge in [-0.15, -0.1) is 0 Å². The minimum Gasteiger partial charge on any atom is -0.468 e. The van der Waals surface area contributed by atoms with Gasteiger partial charge in [-0.25, -0.2) is 9.37 Å². The zero-order valence-corrected chi connectivity index (χ0v) is 22.7. The Morgan fingerprint density at radius 3 is 2.41 bits per heavy atom. The molecule has 0 atom stereocenters. The van der Waals surface area contributed by atoms with Gasteiger partial charge in [0.2, 0.25) is 11.8 Å². The Morgan fingerprint density at radius 1 is 0.973 bits per heavy atom. The molecule has 2 amide bonds. The molecule has 0 N–H and O–H groups in total. The maximum absolute atomic E-state index is 14.4. The molecule has 1 aromatic carbocycles. The number of fused-ring (bicyclic) bond motifs is 1. The average Bonchev–Trinajstić information content (AvgIpc) is 2.84. The first-order chi connectivity index (χ1) is 17.7. The SMILES string of the molecule is CC(C)CC(=O)N1CCCN(CC(C)C)CCCN(C(=O)COc2ccccn2)Cc2cc(F)ccc21. The van der Waals surface area contributed by atoms with Crippen molar-refractivity contribution in [3.05, 3.63) is 54.0 Å². The predicted octanol–water partition coefficient (Wildman–Crippen LogP) is 4.76. The quantitative estimate of drug-likeness (QED) is 0.535. The molecule has 2 aromatic rings. The molecule has 8 heteroatoms. The van der Waals surface area contributed by atoms with Crippen LogP contribution < -0.4 is 9.64 Å². The van der Waals surface area contributed by atoms with Crippen LogP contribution in [-0.4, -0.2) is 65.9 Å². The van der Waals surface area contributed by atoms with Gasteiger partial charge >= 0.3 is 0 Å². The first-order valence-corrected chi connectivity index (χ1v) is 13.4. The van der Waals surface area contributed by atoms with E-state index in [9.17, 15) is 14.0 Å². The number of carbonyl (C=O) groups excluding carboxylic acids is 2. The van der Waals surface area contributed by atoms with Crippen molar-refractivity contribution in [3.63, 3.8) is 0 Å². The second-order valence-electron chi connectivity index (χ2n) is 10.6. The molecular weight excluding hydrogens is 471 g/mol. The van der Waals surface area contributed by atoms with Crippen LogP contribution in [0, 0.1) is 17.7 Å². The second kappa shape index (κ2) is 14.1. The molecule has 202 valence electrons. The lowest BCUT2D eigenvalue weighted by atomic mass is 10.1. The molecule has 0 saturated carbocycles. The molecule has 0 fully saturated rings. The standard InChI is InChI=1S/C29H41FN4O3/c1-22(2)17-28(35)34-16-8-14-32(19-23(3)4)13-7-15-33(20-24-18-25(30)10-11-26(24)34)29(36)21-37-27-9-5-6-12-31-27/h5-6,9-12,18,22-23H,7-8,13-17,19-21H2,1-4H3. The van der Waals surface area contributed by atoms with Crippen LogP contribution in [0.1, 0.15) is 52.5 Å². The second-order valence-corrected chi connectivity index (χ2v) is 10.6. The fraction of sp³-hybridized carbons (Fsp3) is 0.552. The zero-order valence-electron chi connectivity index (χ0n) is 22.7. The van der Waals surface area contributed by atoms with E-state index in [1.807, 2.05) is 13.8 Å². The number of rotatable bonds is 7. The number of aromatic nitrogens is 1. The normalized spacial score (nSPS) is 15.8. The summed E-state index contributed by atoms with van der Waals surface area (Å²) in [6.07, 6.45) is 3.64. The van der Waals surface area contributed by atoms with E-state index in [0.717, 1.165) is 32.5 Å². The number of ether oxygens (including phenoxy) is 1. The highest BCUT2D eigenvalue weighted by Crippen LogP contribution is 2.26. The van der Waals surface area contributed by atoms with E-state index in [1.54, 1.807) is 40.3 Å². The number of pyridine rings is 1. The summed E-state index contributed by atoms with van der Waals surface area (Å²) in [4.78, 5) is 36.6. The summed E-state index contributed by atoms with van der Waals surface area (Å²) in [6.45, 7) is 12.2. The Kier molecular flexibility index (Phi) is 10.9. The molecule has 2 heterocycles. The van der Waals surface area contributed by atoms with E-state index in [-0.39, 0.29) is 36.7 Å². The summed E-state index contributed by atoms with van der Waals surface area (Å²) in [6, 6.07) is 9.80. The molecule has 0 spiro atoms. The fourth-order valence-corrected chi connectivity index (χ4v) is 4.69. The summed E-state index contributed by atoms with van der Waals surface area (Å²) in [5.74, 6) is 0.532. The van der Waals surface area contributed by atoms with Crippen molar-refractivity contribution < 1.29 is 18.7 Å². The van der Waals surface area contributed by atoms with E-state index in [4.69, 9.17) is 4.74 Å². The number of halogens is 1. The van der Waals surface area contributed by atoms with E-state index in [2.05, 4.69) is 23.7 Å². The summed E-state index contributed by atoms with van der Waals surface area (Å²) in [5, 5.41) is 0. The molecule has 0 unspecified atom stereocenters. The Labute approximate surface area is 220 Å². The van der Waals surface area contributed by atoms with Crippen LogP contribution in [0.3, 0.4) is 0 Å². The highest BCUT2D eigenvalue weighted by Gasteiger charge is 2.24. The van der Waals surface area contributed by atoms with Gasteiger partial charge in [0, 0.05) is 50.6 Å². The van der Waals surface area contributed by atoms with Crippen LogP contribution in [0.15, 0.2) is 42.6 Å². The van der Waals surface area contributed by atoms with Crippen molar-refractivity contribution in [2.24, 2.45) is 11.8 Å². The van der Waals surface area contributed by atoms with Gasteiger partial charge in [0.15, 0.2) is 6.61 Å². The lowest BCUT2D eigenvalue weighted by Crippen LogP contribution is -2.41. The minimum absolute atomic E-state index is 0.0201. The van der Waals surface area contributed by atoms with Gasteiger partial charge in [-0.3, -0.25) is 9.59 Å². The van der Waals surface area contributed by atoms with E-state index >= 15 is 0 Å². The van der Waals surface area contributed by atoms with Crippen molar-refractivity contribution in [2.45, 2.75) is 53.5 Å². The highest BCUT2D eigenvalue weighted by molar-refractivity contribution is 5.94. The Bertz CT molecular complexity index is 1020. The van der Waals surface area contributed by atoms with Gasteiger partial charge in [-0.2, -0.15) is 0 Å². The molecular formula is C29H41FN4O3. The Hall–Kier alpha value is -3.00. The van der Waals surface area contributed by atoms with Gasteiger partial charge < -0.3 is 19.4 Å². The number of hydrogen-bond acceptors (Lipinski definition) is 5. The summed E-state index contributed by atoms with van der Waals surface area (Å²) >= 11 is 0. The third-order valence-corrected chi connectivity index (χ3v) is 6.29. The molecule has 37 heavy (non-hydrogen) atoms. The van der Waals surface area contributed by atoms with Crippen molar-refractivity contribution in [3.8, 4) is 5.88 Å². The molecule has 1 aliphatic rings. The zero-order chi connectivity index (χ0) is 26.8. The number of benzene rings is 1. The summed E-state index contributed by atoms with van der Waals surface area (Å²) in [5.41, 5.74) is 1.30. The average molecular weight is 513 g/mol. The van der Waals surface area contributed by atoms with Crippen LogP contribution in [0.25, 0.3) is 0 Å².